The molecule has 2 aromatic carbocycles. The summed E-state index contributed by atoms with van der Waals surface area (Å²) in [4.78, 5) is 27.6. The van der Waals surface area contributed by atoms with Crippen LogP contribution in [0.5, 0.6) is 5.75 Å². The number of phenols is 1. The van der Waals surface area contributed by atoms with Crippen molar-refractivity contribution >= 4 is 11.6 Å². The third kappa shape index (κ3) is 6.95. The normalized spacial score (nSPS) is 23.5. The first kappa shape index (κ1) is 32.3. The van der Waals surface area contributed by atoms with Gasteiger partial charge in [0.05, 0.1) is 30.3 Å². The number of carbonyl (C=O) groups is 2. The lowest BCUT2D eigenvalue weighted by atomic mass is 9.70. The van der Waals surface area contributed by atoms with Gasteiger partial charge in [-0.1, -0.05) is 64.3 Å². The van der Waals surface area contributed by atoms with Crippen LogP contribution in [-0.2, 0) is 11.2 Å². The van der Waals surface area contributed by atoms with Crippen LogP contribution in [-0.4, -0.2) is 56.3 Å². The van der Waals surface area contributed by atoms with Crippen molar-refractivity contribution in [2.75, 3.05) is 0 Å². The predicted molar refractivity (Wildman–Crippen MR) is 162 cm³/mol. The summed E-state index contributed by atoms with van der Waals surface area (Å²) >= 11 is 0. The first-order valence-corrected chi connectivity index (χ1v) is 15.4. The van der Waals surface area contributed by atoms with Crippen LogP contribution in [0.15, 0.2) is 42.5 Å². The summed E-state index contributed by atoms with van der Waals surface area (Å²) < 4.78 is 0. The highest BCUT2D eigenvalue weighted by Gasteiger charge is 2.44. The van der Waals surface area contributed by atoms with E-state index in [0.717, 1.165) is 48.8 Å². The van der Waals surface area contributed by atoms with Crippen molar-refractivity contribution in [2.24, 2.45) is 35.1 Å². The maximum atomic E-state index is 13.9. The Balaban J connectivity index is 1.55. The van der Waals surface area contributed by atoms with Crippen LogP contribution in [0.1, 0.15) is 98.3 Å². The van der Waals surface area contributed by atoms with Crippen LogP contribution in [0.2, 0.25) is 0 Å². The van der Waals surface area contributed by atoms with Crippen molar-refractivity contribution in [2.45, 2.75) is 102 Å². The van der Waals surface area contributed by atoms with Crippen LogP contribution in [0.4, 0.5) is 0 Å². The second-order valence-corrected chi connectivity index (χ2v) is 13.0. The van der Waals surface area contributed by atoms with Crippen molar-refractivity contribution in [1.29, 1.82) is 0 Å². The second kappa shape index (κ2) is 13.8. The first-order valence-electron chi connectivity index (χ1n) is 15.4. The second-order valence-electron chi connectivity index (χ2n) is 13.0. The van der Waals surface area contributed by atoms with Crippen molar-refractivity contribution < 1.29 is 30.0 Å². The Morgan fingerprint density at radius 3 is 2.21 bits per heavy atom. The van der Waals surface area contributed by atoms with E-state index < -0.39 is 42.2 Å². The van der Waals surface area contributed by atoms with Gasteiger partial charge in [-0.05, 0) is 65.5 Å². The highest BCUT2D eigenvalue weighted by Crippen LogP contribution is 2.37. The van der Waals surface area contributed by atoms with Crippen LogP contribution in [0.3, 0.4) is 0 Å². The van der Waals surface area contributed by atoms with Crippen LogP contribution < -0.4 is 11.5 Å². The quantitative estimate of drug-likeness (QED) is 0.206. The number of rotatable bonds is 12. The topological polar surface area (TPSA) is 167 Å². The average molecular weight is 581 g/mol. The van der Waals surface area contributed by atoms with Gasteiger partial charge in [0.25, 0.3) is 0 Å². The summed E-state index contributed by atoms with van der Waals surface area (Å²) in [5.74, 6) is -2.24. The number of Topliss-reactive ketones (excluding diaryl/α,β-unsaturated/α-hetero) is 2. The molecule has 8 N–H and O–H groups in total. The lowest BCUT2D eigenvalue weighted by Crippen LogP contribution is -2.55. The molecule has 0 aliphatic heterocycles. The number of ketones is 2. The zero-order valence-electron chi connectivity index (χ0n) is 25.0. The summed E-state index contributed by atoms with van der Waals surface area (Å²) in [6.07, 6.45) is 1.64. The molecule has 5 unspecified atom stereocenters. The van der Waals surface area contributed by atoms with E-state index in [-0.39, 0.29) is 41.5 Å². The van der Waals surface area contributed by atoms with Gasteiger partial charge in [-0.2, -0.15) is 0 Å². The molecule has 8 nitrogen and oxygen atoms in total. The molecule has 2 aromatic rings. The van der Waals surface area contributed by atoms with Gasteiger partial charge in [-0.3, -0.25) is 9.59 Å². The predicted octanol–water partition coefficient (Wildman–Crippen LogP) is 3.77. The summed E-state index contributed by atoms with van der Waals surface area (Å²) in [6, 6.07) is 10.4. The third-order valence-electron chi connectivity index (χ3n) is 9.68. The Bertz CT molecular complexity index is 1230. The van der Waals surface area contributed by atoms with E-state index in [9.17, 15) is 30.0 Å². The molecule has 4 rings (SSSR count). The lowest BCUT2D eigenvalue weighted by Gasteiger charge is -2.39. The molecule has 8 heteroatoms. The number of fused-ring (bicyclic) bond motifs is 1. The molecule has 2 aliphatic rings. The van der Waals surface area contributed by atoms with Gasteiger partial charge in [0.2, 0.25) is 0 Å². The summed E-state index contributed by atoms with van der Waals surface area (Å²) in [6.45, 7) is 5.59. The highest BCUT2D eigenvalue weighted by atomic mass is 16.3. The van der Waals surface area contributed by atoms with E-state index in [4.69, 9.17) is 11.5 Å². The minimum atomic E-state index is -1.48. The zero-order chi connectivity index (χ0) is 30.7. The number of hydrogen-bond donors (Lipinski definition) is 6. The monoisotopic (exact) mass is 580 g/mol. The van der Waals surface area contributed by atoms with Gasteiger partial charge >= 0.3 is 0 Å². The number of aliphatic hydroxyl groups excluding tert-OH is 3. The molecule has 0 saturated heterocycles. The molecule has 0 spiro atoms. The smallest absolute Gasteiger partial charge is 0.168 e. The van der Waals surface area contributed by atoms with Crippen LogP contribution in [0.25, 0.3) is 0 Å². The number of aliphatic hydroxyl groups is 3. The standard InChI is InChI=1S/C34H48N2O6/c1-18(2)28(32(40)22-11-14-25-23(16-22)17-27(39)30(25)35)33(41)34(42)31(36)29(21-7-5-4-6-8-21)26(38)15-19(3)20-9-12-24(37)13-10-20/h9-14,16,18-19,21,27-31,33-34,37,39,41-42H,4-8,15,17,35-36H2,1-3H3/t19-,27-,28?,29?,30+,31?,33?,34?/m1/s1. The van der Waals surface area contributed by atoms with Crippen LogP contribution in [0, 0.1) is 23.7 Å². The molecule has 0 bridgehead atoms. The van der Waals surface area contributed by atoms with Crippen molar-refractivity contribution in [3.05, 3.63) is 64.7 Å². The van der Waals surface area contributed by atoms with E-state index in [1.165, 1.54) is 0 Å². The summed E-state index contributed by atoms with van der Waals surface area (Å²) in [5, 5.41) is 42.8. The van der Waals surface area contributed by atoms with E-state index in [0.29, 0.717) is 12.0 Å². The number of nitrogens with two attached hydrogens (primary N) is 2. The van der Waals surface area contributed by atoms with Crippen LogP contribution >= 0.6 is 0 Å². The number of benzene rings is 2. The average Bonchev–Trinajstić information content (AvgIpc) is 3.25. The molecule has 1 fully saturated rings. The van der Waals surface area contributed by atoms with E-state index >= 15 is 0 Å². The number of hydrogen-bond acceptors (Lipinski definition) is 8. The van der Waals surface area contributed by atoms with Gasteiger partial charge < -0.3 is 31.9 Å². The van der Waals surface area contributed by atoms with Gasteiger partial charge in [-0.15, -0.1) is 0 Å². The molecule has 42 heavy (non-hydrogen) atoms. The lowest BCUT2D eigenvalue weighted by molar-refractivity contribution is -0.129. The number of carbonyl (C=O) groups excluding carboxylic acids is 2. The molecule has 230 valence electrons. The van der Waals surface area contributed by atoms with Gasteiger partial charge in [-0.25, -0.2) is 0 Å². The molecule has 0 heterocycles. The fourth-order valence-electron chi connectivity index (χ4n) is 7.16. The largest absolute Gasteiger partial charge is 0.508 e. The first-order chi connectivity index (χ1) is 19.9. The maximum Gasteiger partial charge on any atom is 0.168 e. The van der Waals surface area contributed by atoms with Crippen molar-refractivity contribution in [1.82, 2.24) is 0 Å². The highest BCUT2D eigenvalue weighted by molar-refractivity contribution is 5.98. The van der Waals surface area contributed by atoms with Gasteiger partial charge in [0, 0.05) is 30.4 Å². The van der Waals surface area contributed by atoms with E-state index in [1.807, 2.05) is 20.8 Å². The van der Waals surface area contributed by atoms with Gasteiger partial charge in [0.15, 0.2) is 5.78 Å². The molecule has 8 atom stereocenters. The molecular formula is C34H48N2O6. The third-order valence-corrected chi connectivity index (χ3v) is 9.68. The fourth-order valence-corrected chi connectivity index (χ4v) is 7.16. The SMILES string of the molecule is CC(C)C(C(=O)c1ccc2c(c1)C[C@@H](O)[C@H]2N)C(O)C(O)C(N)C(C(=O)C[C@@H](C)c1ccc(O)cc1)C1CCCCC1. The fraction of sp³-hybridized carbons (Fsp3) is 0.588. The Kier molecular flexibility index (Phi) is 10.6. The van der Waals surface area contributed by atoms with E-state index in [2.05, 4.69) is 0 Å². The van der Waals surface area contributed by atoms with Gasteiger partial charge in [0.1, 0.15) is 11.5 Å². The Morgan fingerprint density at radius 1 is 0.952 bits per heavy atom. The zero-order valence-corrected chi connectivity index (χ0v) is 25.0. The minimum Gasteiger partial charge on any atom is -0.508 e. The molecule has 0 amide bonds. The molecule has 1 saturated carbocycles. The Morgan fingerprint density at radius 2 is 1.60 bits per heavy atom. The molecule has 2 aliphatic carbocycles. The molecule has 0 aromatic heterocycles. The molecular weight excluding hydrogens is 532 g/mol. The number of aromatic hydroxyl groups is 1. The minimum absolute atomic E-state index is 0.00401. The summed E-state index contributed by atoms with van der Waals surface area (Å²) in [7, 11) is 0. The Hall–Kier alpha value is -2.62. The molecule has 0 radical (unpaired) electrons. The Labute approximate surface area is 249 Å². The summed E-state index contributed by atoms with van der Waals surface area (Å²) in [5.41, 5.74) is 15.7. The van der Waals surface area contributed by atoms with E-state index in [1.54, 1.807) is 42.5 Å². The maximum absolute atomic E-state index is 13.9. The number of phenolic OH excluding ortho intramolecular Hbond substituents is 1. The van der Waals surface area contributed by atoms with Crippen molar-refractivity contribution in [3.8, 4) is 5.75 Å². The van der Waals surface area contributed by atoms with Crippen molar-refractivity contribution in [3.63, 3.8) is 0 Å².